The van der Waals surface area contributed by atoms with Crippen LogP contribution >= 0.6 is 0 Å². The van der Waals surface area contributed by atoms with E-state index in [0.29, 0.717) is 0 Å². The van der Waals surface area contributed by atoms with Crippen LogP contribution in [0.5, 0.6) is 11.5 Å². The lowest BCUT2D eigenvalue weighted by molar-refractivity contribution is 0.0885. The van der Waals surface area contributed by atoms with Gasteiger partial charge in [0.2, 0.25) is 0 Å². The van der Waals surface area contributed by atoms with Gasteiger partial charge in [0.25, 0.3) is 5.91 Å². The van der Waals surface area contributed by atoms with Crippen molar-refractivity contribution >= 4 is 5.91 Å². The van der Waals surface area contributed by atoms with Crippen molar-refractivity contribution in [3.8, 4) is 11.5 Å². The normalized spacial score (nSPS) is 18.3. The molecule has 0 bridgehead atoms. The summed E-state index contributed by atoms with van der Waals surface area (Å²) in [6.45, 7) is 3.75. The second-order valence-electron chi connectivity index (χ2n) is 4.97. The minimum atomic E-state index is -0.308. The number of rotatable bonds is 2. The molecule has 5 heteroatoms. The van der Waals surface area contributed by atoms with E-state index in [-0.39, 0.29) is 28.5 Å². The highest BCUT2D eigenvalue weighted by molar-refractivity contribution is 5.97. The van der Waals surface area contributed by atoms with Gasteiger partial charge < -0.3 is 20.8 Å². The number of hydrogen-bond acceptors (Lipinski definition) is 4. The van der Waals surface area contributed by atoms with E-state index < -0.39 is 0 Å². The van der Waals surface area contributed by atoms with Gasteiger partial charge in [-0.2, -0.15) is 0 Å². The van der Waals surface area contributed by atoms with Crippen LogP contribution in [0.15, 0.2) is 18.2 Å². The Morgan fingerprint density at radius 3 is 2.61 bits per heavy atom. The van der Waals surface area contributed by atoms with Crippen LogP contribution < -0.4 is 10.6 Å². The molecule has 0 atom stereocenters. The van der Waals surface area contributed by atoms with E-state index in [4.69, 9.17) is 0 Å². The van der Waals surface area contributed by atoms with Crippen molar-refractivity contribution in [3.05, 3.63) is 23.8 Å². The lowest BCUT2D eigenvalue weighted by Crippen LogP contribution is -2.52. The molecule has 0 radical (unpaired) electrons. The Hall–Kier alpha value is -1.75. The predicted molar refractivity (Wildman–Crippen MR) is 67.7 cm³/mol. The second kappa shape index (κ2) is 4.86. The lowest BCUT2D eigenvalue weighted by Gasteiger charge is -2.35. The second-order valence-corrected chi connectivity index (χ2v) is 4.97. The van der Waals surface area contributed by atoms with Crippen LogP contribution in [0.4, 0.5) is 0 Å². The average molecular weight is 250 g/mol. The van der Waals surface area contributed by atoms with Crippen LogP contribution in [0.2, 0.25) is 0 Å². The summed E-state index contributed by atoms with van der Waals surface area (Å²) in [6.07, 6.45) is 1.72. The standard InChI is InChI=1S/C13H18N2O3/c1-13(4-6-14-7-5-13)15-12(18)10-3-2-9(16)8-11(10)17/h2-3,8,14,16-17H,4-7H2,1H3,(H,15,18). The summed E-state index contributed by atoms with van der Waals surface area (Å²) in [4.78, 5) is 12.1. The predicted octanol–water partition coefficient (Wildman–Crippen LogP) is 0.970. The number of phenols is 2. The van der Waals surface area contributed by atoms with Crippen LogP contribution in [0.25, 0.3) is 0 Å². The Morgan fingerprint density at radius 1 is 1.33 bits per heavy atom. The minimum absolute atomic E-state index is 0.0582. The molecule has 1 heterocycles. The van der Waals surface area contributed by atoms with Gasteiger partial charge in [-0.15, -0.1) is 0 Å². The van der Waals surface area contributed by atoms with Crippen molar-refractivity contribution in [1.82, 2.24) is 10.6 Å². The maximum absolute atomic E-state index is 12.1. The number of carbonyl (C=O) groups excluding carboxylic acids is 1. The van der Waals surface area contributed by atoms with E-state index in [1.165, 1.54) is 18.2 Å². The fourth-order valence-electron chi connectivity index (χ4n) is 2.16. The van der Waals surface area contributed by atoms with Gasteiger partial charge in [0.05, 0.1) is 5.56 Å². The molecule has 1 aromatic rings. The molecule has 1 amide bonds. The molecular formula is C13H18N2O3. The van der Waals surface area contributed by atoms with Crippen molar-refractivity contribution in [3.63, 3.8) is 0 Å². The minimum Gasteiger partial charge on any atom is -0.508 e. The molecule has 0 saturated carbocycles. The van der Waals surface area contributed by atoms with Crippen molar-refractivity contribution in [1.29, 1.82) is 0 Å². The molecule has 2 rings (SSSR count). The van der Waals surface area contributed by atoms with Crippen LogP contribution in [0, 0.1) is 0 Å². The third-order valence-corrected chi connectivity index (χ3v) is 3.35. The van der Waals surface area contributed by atoms with Gasteiger partial charge in [0.1, 0.15) is 11.5 Å². The Labute approximate surface area is 106 Å². The van der Waals surface area contributed by atoms with Gasteiger partial charge in [0, 0.05) is 11.6 Å². The maximum atomic E-state index is 12.1. The van der Waals surface area contributed by atoms with Crippen LogP contribution in [0.1, 0.15) is 30.1 Å². The number of piperidine rings is 1. The summed E-state index contributed by atoms with van der Waals surface area (Å²) in [6, 6.07) is 3.98. The van der Waals surface area contributed by atoms with E-state index in [9.17, 15) is 15.0 Å². The first kappa shape index (κ1) is 12.7. The Kier molecular flexibility index (Phi) is 3.43. The maximum Gasteiger partial charge on any atom is 0.255 e. The fraction of sp³-hybridized carbons (Fsp3) is 0.462. The quantitative estimate of drug-likeness (QED) is 0.630. The molecule has 1 aromatic carbocycles. The van der Waals surface area contributed by atoms with Gasteiger partial charge in [-0.05, 0) is 45.0 Å². The monoisotopic (exact) mass is 250 g/mol. The van der Waals surface area contributed by atoms with Crippen molar-refractivity contribution in [2.24, 2.45) is 0 Å². The Bertz CT molecular complexity index is 454. The number of benzene rings is 1. The summed E-state index contributed by atoms with van der Waals surface area (Å²) in [5, 5.41) is 25.0. The highest BCUT2D eigenvalue weighted by Crippen LogP contribution is 2.24. The molecule has 4 N–H and O–H groups in total. The summed E-state index contributed by atoms with van der Waals surface area (Å²) in [7, 11) is 0. The molecule has 1 aliphatic rings. The summed E-state index contributed by atoms with van der Waals surface area (Å²) in [5.41, 5.74) is -0.0558. The number of nitrogens with one attached hydrogen (secondary N) is 2. The third-order valence-electron chi connectivity index (χ3n) is 3.35. The molecule has 0 spiro atoms. The highest BCUT2D eigenvalue weighted by atomic mass is 16.3. The van der Waals surface area contributed by atoms with Crippen molar-refractivity contribution in [2.45, 2.75) is 25.3 Å². The van der Waals surface area contributed by atoms with Crippen LogP contribution in [-0.2, 0) is 0 Å². The van der Waals surface area contributed by atoms with Gasteiger partial charge >= 0.3 is 0 Å². The molecule has 98 valence electrons. The van der Waals surface area contributed by atoms with E-state index in [2.05, 4.69) is 10.6 Å². The van der Waals surface area contributed by atoms with Gasteiger partial charge in [-0.1, -0.05) is 0 Å². The van der Waals surface area contributed by atoms with Gasteiger partial charge in [-0.3, -0.25) is 4.79 Å². The molecule has 0 aliphatic carbocycles. The highest BCUT2D eigenvalue weighted by Gasteiger charge is 2.29. The van der Waals surface area contributed by atoms with Crippen LogP contribution in [0.3, 0.4) is 0 Å². The molecule has 0 aromatic heterocycles. The summed E-state index contributed by atoms with van der Waals surface area (Å²) < 4.78 is 0. The fourth-order valence-corrected chi connectivity index (χ4v) is 2.16. The lowest BCUT2D eigenvalue weighted by atomic mass is 9.90. The summed E-state index contributed by atoms with van der Waals surface area (Å²) in [5.74, 6) is -0.570. The Morgan fingerprint density at radius 2 is 2.00 bits per heavy atom. The zero-order valence-corrected chi connectivity index (χ0v) is 10.4. The van der Waals surface area contributed by atoms with Crippen molar-refractivity contribution < 1.29 is 15.0 Å². The van der Waals surface area contributed by atoms with E-state index in [1.54, 1.807) is 0 Å². The molecule has 18 heavy (non-hydrogen) atoms. The van der Waals surface area contributed by atoms with Gasteiger partial charge in [-0.25, -0.2) is 0 Å². The first-order chi connectivity index (χ1) is 8.50. The first-order valence-corrected chi connectivity index (χ1v) is 6.05. The molecule has 0 unspecified atom stereocenters. The third kappa shape index (κ3) is 2.73. The summed E-state index contributed by atoms with van der Waals surface area (Å²) >= 11 is 0. The molecule has 1 saturated heterocycles. The topological polar surface area (TPSA) is 81.6 Å². The zero-order valence-electron chi connectivity index (χ0n) is 10.4. The van der Waals surface area contributed by atoms with E-state index in [0.717, 1.165) is 25.9 Å². The SMILES string of the molecule is CC1(NC(=O)c2ccc(O)cc2O)CCNCC1. The Balaban J connectivity index is 2.11. The molecule has 1 aliphatic heterocycles. The largest absolute Gasteiger partial charge is 0.508 e. The number of phenolic OH excluding ortho intramolecular Hbond substituents is 2. The smallest absolute Gasteiger partial charge is 0.255 e. The molecule has 1 fully saturated rings. The van der Waals surface area contributed by atoms with Gasteiger partial charge in [0.15, 0.2) is 0 Å². The molecular weight excluding hydrogens is 232 g/mol. The zero-order chi connectivity index (χ0) is 13.2. The van der Waals surface area contributed by atoms with Crippen LogP contribution in [-0.4, -0.2) is 34.7 Å². The van der Waals surface area contributed by atoms with E-state index >= 15 is 0 Å². The van der Waals surface area contributed by atoms with Crippen molar-refractivity contribution in [2.75, 3.05) is 13.1 Å². The molecule has 5 nitrogen and oxygen atoms in total. The number of carbonyl (C=O) groups is 1. The first-order valence-electron chi connectivity index (χ1n) is 6.05. The number of amides is 1. The number of hydrogen-bond donors (Lipinski definition) is 4. The number of aromatic hydroxyl groups is 2. The van der Waals surface area contributed by atoms with E-state index in [1.807, 2.05) is 6.92 Å². The average Bonchev–Trinajstić information content (AvgIpc) is 2.28.